The van der Waals surface area contributed by atoms with E-state index in [2.05, 4.69) is 42.5 Å². The lowest BCUT2D eigenvalue weighted by Gasteiger charge is -2.31. The first-order valence-corrected chi connectivity index (χ1v) is 24.4. The minimum Gasteiger partial charge on any atom is -0.481 e. The Bertz CT molecular complexity index is 2420. The third-order valence-electron chi connectivity index (χ3n) is 11.6. The minimum absolute atomic E-state index is 0.00122. The number of hydrogen-bond acceptors (Lipinski definition) is 16. The van der Waals surface area contributed by atoms with Crippen molar-refractivity contribution in [2.24, 2.45) is 28.9 Å². The number of carboxylic acid groups (broad SMARTS) is 3. The summed E-state index contributed by atoms with van der Waals surface area (Å²) in [7, 11) is 0. The Balaban J connectivity index is 2.40. The summed E-state index contributed by atoms with van der Waals surface area (Å²) in [6.07, 6.45) is -4.89. The first-order valence-electron chi connectivity index (χ1n) is 24.4. The van der Waals surface area contributed by atoms with Gasteiger partial charge in [-0.25, -0.2) is 4.79 Å². The molecule has 31 heteroatoms. The number of carboxylic acids is 3. The van der Waals surface area contributed by atoms with Crippen molar-refractivity contribution in [1.29, 1.82) is 0 Å². The first-order chi connectivity index (χ1) is 36.4. The van der Waals surface area contributed by atoms with Gasteiger partial charge >= 0.3 is 17.9 Å². The molecule has 19 N–H and O–H groups in total. The van der Waals surface area contributed by atoms with Crippen LogP contribution in [0.1, 0.15) is 91.0 Å². The fourth-order valence-electron chi connectivity index (χ4n) is 7.74. The van der Waals surface area contributed by atoms with Crippen molar-refractivity contribution in [3.63, 3.8) is 0 Å². The summed E-state index contributed by atoms with van der Waals surface area (Å²) in [4.78, 5) is 194. The number of primary amides is 3. The quantitative estimate of drug-likeness (QED) is 0.0311. The van der Waals surface area contributed by atoms with E-state index in [1.165, 1.54) is 6.92 Å². The number of nitrogens with zero attached hydrogens (tertiary/aromatic N) is 1. The Labute approximate surface area is 446 Å². The highest BCUT2D eigenvalue weighted by Crippen LogP contribution is 2.21. The molecule has 0 unspecified atom stereocenters. The van der Waals surface area contributed by atoms with Crippen molar-refractivity contribution in [3.8, 4) is 0 Å². The maximum absolute atomic E-state index is 14.4. The molecule has 1 aromatic rings. The van der Waals surface area contributed by atoms with Gasteiger partial charge in [0.1, 0.15) is 54.4 Å². The molecular formula is C47H69N13O18. The molecule has 1 aromatic carbocycles. The molecule has 0 aromatic heterocycles. The van der Waals surface area contributed by atoms with Gasteiger partial charge in [-0.05, 0) is 51.0 Å². The van der Waals surface area contributed by atoms with Crippen molar-refractivity contribution < 1.29 is 87.2 Å². The molecule has 1 aliphatic heterocycles. The van der Waals surface area contributed by atoms with E-state index in [0.29, 0.717) is 5.56 Å². The topological polar surface area (TPSA) is 520 Å². The molecule has 0 bridgehead atoms. The van der Waals surface area contributed by atoms with Crippen LogP contribution in [0.15, 0.2) is 30.3 Å². The number of carbonyl (C=O) groups is 15. The lowest BCUT2D eigenvalue weighted by atomic mass is 9.99. The van der Waals surface area contributed by atoms with Crippen LogP contribution in [0.5, 0.6) is 0 Å². The summed E-state index contributed by atoms with van der Waals surface area (Å²) >= 11 is 0. The maximum atomic E-state index is 14.4. The number of nitrogens with two attached hydrogens (primary N) is 4. The van der Waals surface area contributed by atoms with Crippen LogP contribution in [0.2, 0.25) is 0 Å². The van der Waals surface area contributed by atoms with Crippen molar-refractivity contribution in [2.75, 3.05) is 6.54 Å². The molecule has 0 radical (unpaired) electrons. The SMILES string of the molecule is CC(C)C[C@H](NC(=O)[C@H](CCC(=O)O)NC(=O)[C@H](CC(N)=O)NC(=O)[C@H](C)NC(=O)[C@H](CC(N)=O)NC(=O)[C@H](CC(=O)O)NC(=O)[C@H](C)N)C(=O)N[C@@H](Cc1ccccc1)C(=O)N1CCC[C@H]1C(=O)N[C@@H](CC(N)=O)C(=O)O. The van der Waals surface area contributed by atoms with Crippen molar-refractivity contribution in [3.05, 3.63) is 35.9 Å². The Kier molecular flexibility index (Phi) is 26.2. The molecular weight excluding hydrogens is 1030 g/mol. The van der Waals surface area contributed by atoms with Gasteiger partial charge in [-0.2, -0.15) is 0 Å². The van der Waals surface area contributed by atoms with Crippen molar-refractivity contribution >= 4 is 88.8 Å². The molecule has 10 atom stereocenters. The van der Waals surface area contributed by atoms with Gasteiger partial charge in [0.15, 0.2) is 0 Å². The van der Waals surface area contributed by atoms with E-state index >= 15 is 0 Å². The smallest absolute Gasteiger partial charge is 0.326 e. The summed E-state index contributed by atoms with van der Waals surface area (Å²) < 4.78 is 0. The van der Waals surface area contributed by atoms with E-state index < -0.39 is 188 Å². The molecule has 78 heavy (non-hydrogen) atoms. The Morgan fingerprint density at radius 3 is 1.49 bits per heavy atom. The van der Waals surface area contributed by atoms with Gasteiger partial charge in [-0.3, -0.25) is 67.1 Å². The van der Waals surface area contributed by atoms with Crippen LogP contribution in [-0.4, -0.2) is 176 Å². The van der Waals surface area contributed by atoms with E-state index in [4.69, 9.17) is 22.9 Å². The maximum Gasteiger partial charge on any atom is 0.326 e. The van der Waals surface area contributed by atoms with E-state index in [1.54, 1.807) is 44.2 Å². The molecule has 1 aliphatic rings. The highest BCUT2D eigenvalue weighted by molar-refractivity contribution is 6.00. The number of aliphatic carboxylic acids is 3. The fourth-order valence-corrected chi connectivity index (χ4v) is 7.74. The molecule has 1 saturated heterocycles. The predicted molar refractivity (Wildman–Crippen MR) is 267 cm³/mol. The van der Waals surface area contributed by atoms with E-state index in [0.717, 1.165) is 11.8 Å². The van der Waals surface area contributed by atoms with Crippen LogP contribution in [0.4, 0.5) is 0 Å². The van der Waals surface area contributed by atoms with Gasteiger partial charge in [0, 0.05) is 19.4 Å². The second-order valence-corrected chi connectivity index (χ2v) is 18.8. The molecule has 0 saturated carbocycles. The monoisotopic (exact) mass is 1100 g/mol. The molecule has 0 aliphatic carbocycles. The van der Waals surface area contributed by atoms with E-state index in [9.17, 15) is 87.2 Å². The minimum atomic E-state index is -1.94. The number of likely N-dealkylation sites (tertiary alicyclic amines) is 1. The van der Waals surface area contributed by atoms with Gasteiger partial charge in [0.25, 0.3) is 0 Å². The predicted octanol–water partition coefficient (Wildman–Crippen LogP) is -6.44. The molecule has 0 spiro atoms. The molecule has 1 heterocycles. The molecule has 12 amide bonds. The average Bonchev–Trinajstić information content (AvgIpc) is 3.83. The Morgan fingerprint density at radius 2 is 0.987 bits per heavy atom. The lowest BCUT2D eigenvalue weighted by Crippen LogP contribution is -2.61. The van der Waals surface area contributed by atoms with E-state index in [1.807, 2.05) is 0 Å². The van der Waals surface area contributed by atoms with Gasteiger partial charge in [-0.1, -0.05) is 44.2 Å². The highest BCUT2D eigenvalue weighted by atomic mass is 16.4. The number of rotatable bonds is 33. The zero-order valence-electron chi connectivity index (χ0n) is 43.2. The number of benzene rings is 1. The summed E-state index contributed by atoms with van der Waals surface area (Å²) in [5.74, 6) is -18.0. The summed E-state index contributed by atoms with van der Waals surface area (Å²) in [5, 5.41) is 46.5. The Morgan fingerprint density at radius 1 is 0.538 bits per heavy atom. The van der Waals surface area contributed by atoms with Gasteiger partial charge in [-0.15, -0.1) is 0 Å². The van der Waals surface area contributed by atoms with Gasteiger partial charge < -0.3 is 85.7 Å². The van der Waals surface area contributed by atoms with Crippen molar-refractivity contribution in [1.82, 2.24) is 47.4 Å². The highest BCUT2D eigenvalue weighted by Gasteiger charge is 2.41. The van der Waals surface area contributed by atoms with Crippen LogP contribution in [0, 0.1) is 5.92 Å². The fraction of sp³-hybridized carbons (Fsp3) is 0.553. The van der Waals surface area contributed by atoms with Gasteiger partial charge in [0.05, 0.1) is 31.7 Å². The molecule has 31 nitrogen and oxygen atoms in total. The van der Waals surface area contributed by atoms with Crippen molar-refractivity contribution in [2.45, 2.75) is 152 Å². The number of carbonyl (C=O) groups excluding carboxylic acids is 12. The number of amides is 12. The lowest BCUT2D eigenvalue weighted by molar-refractivity contribution is -0.146. The largest absolute Gasteiger partial charge is 0.481 e. The van der Waals surface area contributed by atoms with Crippen LogP contribution < -0.4 is 65.5 Å². The zero-order valence-corrected chi connectivity index (χ0v) is 43.2. The number of nitrogens with one attached hydrogen (secondary N) is 8. The summed E-state index contributed by atoms with van der Waals surface area (Å²) in [6.45, 7) is 5.64. The molecule has 1 fully saturated rings. The molecule has 430 valence electrons. The Hall–Kier alpha value is -8.77. The second-order valence-electron chi connectivity index (χ2n) is 18.8. The van der Waals surface area contributed by atoms with Crippen LogP contribution in [0.25, 0.3) is 0 Å². The van der Waals surface area contributed by atoms with Crippen LogP contribution >= 0.6 is 0 Å². The third-order valence-corrected chi connectivity index (χ3v) is 11.6. The van der Waals surface area contributed by atoms with Crippen LogP contribution in [0.3, 0.4) is 0 Å². The third kappa shape index (κ3) is 22.6. The van der Waals surface area contributed by atoms with E-state index in [-0.39, 0.29) is 38.1 Å². The number of hydrogen-bond donors (Lipinski definition) is 15. The average molecular weight is 1100 g/mol. The zero-order chi connectivity index (χ0) is 59.1. The summed E-state index contributed by atoms with van der Waals surface area (Å²) in [5.41, 5.74) is 21.8. The standard InChI is InChI=1S/C47H69N13O18/c1-21(2)15-26(42(72)58-30(16-24-9-6-5-7-10-24)46(76)60-14-8-11-32(60)45(75)59-31(47(77)78)19-35(51)63)56-40(70)25(12-13-36(64)65)53-43(73)28(18-34(50)62)55-39(69)23(4)52-41(71)27(17-33(49)61)57-44(74)29(20-37(66)67)54-38(68)22(3)48/h5-7,9-10,21-23,25-32H,8,11-20,48H2,1-4H3,(H2,49,61)(H2,50,62)(H2,51,63)(H,52,71)(H,53,73)(H,54,68)(H,55,69)(H,56,70)(H,57,74)(H,58,72)(H,59,75)(H,64,65)(H,66,67)(H,77,78)/t22-,23-,25-,26-,27-,28-,29-,30-,31-,32-/m0/s1. The summed E-state index contributed by atoms with van der Waals surface area (Å²) in [6, 6.07) is -7.83. The second kappa shape index (κ2) is 31.3. The van der Waals surface area contributed by atoms with Crippen LogP contribution in [-0.2, 0) is 78.3 Å². The molecule has 2 rings (SSSR count). The van der Waals surface area contributed by atoms with Gasteiger partial charge in [0.2, 0.25) is 70.9 Å². The normalized spacial score (nSPS) is 16.3. The first kappa shape index (κ1) is 65.3.